The quantitative estimate of drug-likeness (QED) is 0.901. The van der Waals surface area contributed by atoms with E-state index in [1.54, 1.807) is 0 Å². The van der Waals surface area contributed by atoms with Crippen LogP contribution in [0.5, 0.6) is 0 Å². The number of rotatable bonds is 2. The second-order valence-electron chi connectivity index (χ2n) is 7.80. The summed E-state index contributed by atoms with van der Waals surface area (Å²) in [6.07, 6.45) is 2.24. The van der Waals surface area contributed by atoms with Gasteiger partial charge < -0.3 is 14.6 Å². The van der Waals surface area contributed by atoms with Gasteiger partial charge in [-0.3, -0.25) is 9.69 Å². The molecule has 2 aliphatic heterocycles. The molecule has 0 unspecified atom stereocenters. The molecule has 2 aliphatic rings. The molecule has 0 saturated carbocycles. The van der Waals surface area contributed by atoms with Crippen LogP contribution in [0.2, 0.25) is 0 Å². The van der Waals surface area contributed by atoms with Gasteiger partial charge in [-0.05, 0) is 50.8 Å². The number of H-pyrrole nitrogens is 1. The molecule has 5 nitrogen and oxygen atoms in total. The van der Waals surface area contributed by atoms with Crippen molar-refractivity contribution in [2.24, 2.45) is 0 Å². The average Bonchev–Trinajstić information content (AvgIpc) is 2.99. The Kier molecular flexibility index (Phi) is 4.76. The Bertz CT molecular complexity index is 812. The first-order chi connectivity index (χ1) is 12.5. The molecule has 1 aromatic carbocycles. The third-order valence-electron chi connectivity index (χ3n) is 6.03. The standard InChI is InChI=1S/C21H29N3O2/c1-14-12-15(2)19-18(13-14)16(3)20(22-19)21(25)24-8-6-23(7-9-24)17-4-10-26-11-5-17/h12-13,17,22H,4-11H2,1-3H3. The van der Waals surface area contributed by atoms with Gasteiger partial charge >= 0.3 is 0 Å². The number of nitrogens with zero attached hydrogens (tertiary/aromatic N) is 2. The Morgan fingerprint density at radius 2 is 1.77 bits per heavy atom. The van der Waals surface area contributed by atoms with E-state index >= 15 is 0 Å². The van der Waals surface area contributed by atoms with Crippen LogP contribution in [0.4, 0.5) is 0 Å². The fourth-order valence-corrected chi connectivity index (χ4v) is 4.50. The molecular weight excluding hydrogens is 326 g/mol. The Hall–Kier alpha value is -1.85. The van der Waals surface area contributed by atoms with E-state index in [0.717, 1.165) is 69.0 Å². The molecule has 1 amide bonds. The lowest BCUT2D eigenvalue weighted by Crippen LogP contribution is -2.53. The van der Waals surface area contributed by atoms with E-state index in [1.165, 1.54) is 16.5 Å². The second-order valence-corrected chi connectivity index (χ2v) is 7.80. The molecule has 1 N–H and O–H groups in total. The lowest BCUT2D eigenvalue weighted by Gasteiger charge is -2.40. The molecule has 1 aromatic heterocycles. The number of aromatic amines is 1. The molecule has 0 spiro atoms. The molecule has 5 heteroatoms. The second kappa shape index (κ2) is 7.05. The zero-order chi connectivity index (χ0) is 18.3. The largest absolute Gasteiger partial charge is 0.381 e. The molecule has 140 valence electrons. The molecule has 2 saturated heterocycles. The predicted molar refractivity (Wildman–Crippen MR) is 104 cm³/mol. The number of ether oxygens (including phenoxy) is 1. The molecule has 0 radical (unpaired) electrons. The molecule has 3 heterocycles. The van der Waals surface area contributed by atoms with E-state index in [2.05, 4.69) is 42.8 Å². The fourth-order valence-electron chi connectivity index (χ4n) is 4.50. The fraction of sp³-hybridized carbons (Fsp3) is 0.571. The van der Waals surface area contributed by atoms with Gasteiger partial charge in [-0.15, -0.1) is 0 Å². The number of carbonyl (C=O) groups excluding carboxylic acids is 1. The first-order valence-corrected chi connectivity index (χ1v) is 9.75. The molecule has 2 aromatic rings. The van der Waals surface area contributed by atoms with Gasteiger partial charge in [0.25, 0.3) is 5.91 Å². The first kappa shape index (κ1) is 17.6. The van der Waals surface area contributed by atoms with Gasteiger partial charge in [0.1, 0.15) is 5.69 Å². The summed E-state index contributed by atoms with van der Waals surface area (Å²) in [5.41, 5.74) is 5.36. The van der Waals surface area contributed by atoms with Gasteiger partial charge in [0.15, 0.2) is 0 Å². The predicted octanol–water partition coefficient (Wildman–Crippen LogP) is 3.03. The first-order valence-electron chi connectivity index (χ1n) is 9.75. The average molecular weight is 355 g/mol. The molecular formula is C21H29N3O2. The number of fused-ring (bicyclic) bond motifs is 1. The van der Waals surface area contributed by atoms with E-state index in [-0.39, 0.29) is 5.91 Å². The van der Waals surface area contributed by atoms with Gasteiger partial charge in [-0.25, -0.2) is 0 Å². The molecule has 0 atom stereocenters. The van der Waals surface area contributed by atoms with Gasteiger partial charge in [0.05, 0.1) is 0 Å². The molecule has 0 bridgehead atoms. The Morgan fingerprint density at radius 1 is 1.08 bits per heavy atom. The van der Waals surface area contributed by atoms with Crippen LogP contribution in [0.25, 0.3) is 10.9 Å². The van der Waals surface area contributed by atoms with Gasteiger partial charge in [-0.2, -0.15) is 0 Å². The van der Waals surface area contributed by atoms with Crippen LogP contribution in [0.1, 0.15) is 40.0 Å². The summed E-state index contributed by atoms with van der Waals surface area (Å²) in [6, 6.07) is 4.97. The highest BCUT2D eigenvalue weighted by atomic mass is 16.5. The van der Waals surface area contributed by atoms with E-state index in [9.17, 15) is 4.79 Å². The van der Waals surface area contributed by atoms with Gasteiger partial charge in [0.2, 0.25) is 0 Å². The number of piperazine rings is 1. The number of hydrogen-bond donors (Lipinski definition) is 1. The van der Waals surface area contributed by atoms with Crippen molar-refractivity contribution in [2.75, 3.05) is 39.4 Å². The summed E-state index contributed by atoms with van der Waals surface area (Å²) >= 11 is 0. The minimum absolute atomic E-state index is 0.141. The maximum Gasteiger partial charge on any atom is 0.270 e. The number of carbonyl (C=O) groups is 1. The highest BCUT2D eigenvalue weighted by Crippen LogP contribution is 2.27. The van der Waals surface area contributed by atoms with Crippen LogP contribution in [0.15, 0.2) is 12.1 Å². The van der Waals surface area contributed by atoms with Crippen LogP contribution < -0.4 is 0 Å². The highest BCUT2D eigenvalue weighted by molar-refractivity contribution is 6.01. The molecule has 0 aliphatic carbocycles. The number of amides is 1. The number of benzene rings is 1. The van der Waals surface area contributed by atoms with Crippen molar-refractivity contribution < 1.29 is 9.53 Å². The van der Waals surface area contributed by atoms with Crippen LogP contribution in [0, 0.1) is 20.8 Å². The van der Waals surface area contributed by atoms with Crippen LogP contribution in [-0.4, -0.2) is 66.1 Å². The van der Waals surface area contributed by atoms with Crippen molar-refractivity contribution in [3.8, 4) is 0 Å². The monoisotopic (exact) mass is 355 g/mol. The van der Waals surface area contributed by atoms with E-state index in [4.69, 9.17) is 4.74 Å². The van der Waals surface area contributed by atoms with Crippen molar-refractivity contribution in [3.63, 3.8) is 0 Å². The minimum Gasteiger partial charge on any atom is -0.381 e. The zero-order valence-electron chi connectivity index (χ0n) is 16.1. The Morgan fingerprint density at radius 3 is 2.46 bits per heavy atom. The maximum atomic E-state index is 13.1. The highest BCUT2D eigenvalue weighted by Gasteiger charge is 2.29. The summed E-state index contributed by atoms with van der Waals surface area (Å²) in [6.45, 7) is 11.6. The van der Waals surface area contributed by atoms with Crippen LogP contribution >= 0.6 is 0 Å². The molecule has 4 rings (SSSR count). The molecule has 2 fully saturated rings. The smallest absolute Gasteiger partial charge is 0.270 e. The summed E-state index contributed by atoms with van der Waals surface area (Å²) in [5.74, 6) is 0.141. The Balaban J connectivity index is 1.49. The van der Waals surface area contributed by atoms with Crippen molar-refractivity contribution in [3.05, 3.63) is 34.5 Å². The SMILES string of the molecule is Cc1cc(C)c2[nH]c(C(=O)N3CCN(C4CCOCC4)CC3)c(C)c2c1. The maximum absolute atomic E-state index is 13.1. The van der Waals surface area contributed by atoms with Gasteiger partial charge in [-0.1, -0.05) is 11.6 Å². The van der Waals surface area contributed by atoms with Crippen molar-refractivity contribution in [2.45, 2.75) is 39.7 Å². The summed E-state index contributed by atoms with van der Waals surface area (Å²) in [5, 5.41) is 1.17. The van der Waals surface area contributed by atoms with Gasteiger partial charge in [0, 0.05) is 56.3 Å². The third-order valence-corrected chi connectivity index (χ3v) is 6.03. The molecule has 26 heavy (non-hydrogen) atoms. The van der Waals surface area contributed by atoms with Crippen LogP contribution in [-0.2, 0) is 4.74 Å². The summed E-state index contributed by atoms with van der Waals surface area (Å²) in [4.78, 5) is 21.1. The van der Waals surface area contributed by atoms with Crippen molar-refractivity contribution in [1.82, 2.24) is 14.8 Å². The summed E-state index contributed by atoms with van der Waals surface area (Å²) < 4.78 is 5.47. The van der Waals surface area contributed by atoms with E-state index < -0.39 is 0 Å². The number of nitrogens with one attached hydrogen (secondary N) is 1. The van der Waals surface area contributed by atoms with Crippen LogP contribution in [0.3, 0.4) is 0 Å². The number of hydrogen-bond acceptors (Lipinski definition) is 3. The van der Waals surface area contributed by atoms with Crippen molar-refractivity contribution in [1.29, 1.82) is 0 Å². The summed E-state index contributed by atoms with van der Waals surface area (Å²) in [7, 11) is 0. The topological polar surface area (TPSA) is 48.6 Å². The Labute approximate surface area is 155 Å². The van der Waals surface area contributed by atoms with E-state index in [0.29, 0.717) is 6.04 Å². The lowest BCUT2D eigenvalue weighted by atomic mass is 10.0. The zero-order valence-corrected chi connectivity index (χ0v) is 16.1. The normalized spacial score (nSPS) is 20.0. The number of aromatic nitrogens is 1. The minimum atomic E-state index is 0.141. The number of aryl methyl sites for hydroxylation is 3. The van der Waals surface area contributed by atoms with Crippen molar-refractivity contribution >= 4 is 16.8 Å². The lowest BCUT2D eigenvalue weighted by molar-refractivity contribution is 0.0136. The van der Waals surface area contributed by atoms with E-state index in [1.807, 2.05) is 4.90 Å². The third kappa shape index (κ3) is 3.14.